The smallest absolute Gasteiger partial charge is 0.410 e. The molecule has 6 nitrogen and oxygen atoms in total. The molecule has 0 spiro atoms. The van der Waals surface area contributed by atoms with E-state index in [4.69, 9.17) is 10.5 Å². The van der Waals surface area contributed by atoms with Crippen molar-refractivity contribution in [1.82, 2.24) is 9.80 Å². The lowest BCUT2D eigenvalue weighted by molar-refractivity contribution is 0.0185. The summed E-state index contributed by atoms with van der Waals surface area (Å²) in [5, 5.41) is 0. The van der Waals surface area contributed by atoms with Gasteiger partial charge in [-0.25, -0.2) is 9.18 Å². The second-order valence-corrected chi connectivity index (χ2v) is 9.64. The van der Waals surface area contributed by atoms with E-state index in [1.54, 1.807) is 12.1 Å². The molecule has 2 N–H and O–H groups in total. The van der Waals surface area contributed by atoms with Crippen LogP contribution in [-0.2, 0) is 11.3 Å². The Bertz CT molecular complexity index is 937. The summed E-state index contributed by atoms with van der Waals surface area (Å²) in [6, 6.07) is 14.7. The van der Waals surface area contributed by atoms with Gasteiger partial charge in [0.15, 0.2) is 0 Å². The SMILES string of the molecule is CC(C)(C1CCN(C(=O)OCc2ccccc2)CC1)N1CCN(c2ccc(N)cc2F)CC1. The minimum Gasteiger partial charge on any atom is -0.445 e. The minimum absolute atomic E-state index is 0.0196. The number of anilines is 2. The van der Waals surface area contributed by atoms with Crippen LogP contribution < -0.4 is 10.6 Å². The van der Waals surface area contributed by atoms with E-state index in [-0.39, 0.29) is 17.4 Å². The zero-order valence-corrected chi connectivity index (χ0v) is 19.7. The van der Waals surface area contributed by atoms with Gasteiger partial charge in [0.2, 0.25) is 0 Å². The standard InChI is InChI=1S/C26H35FN4O2/c1-26(2,31-16-14-29(15-17-31)24-9-8-22(28)18-23(24)27)21-10-12-30(13-11-21)25(32)33-19-20-6-4-3-5-7-20/h3-9,18,21H,10-17,19,28H2,1-2H3. The minimum atomic E-state index is -0.255. The van der Waals surface area contributed by atoms with Crippen molar-refractivity contribution >= 4 is 17.5 Å². The van der Waals surface area contributed by atoms with Crippen molar-refractivity contribution in [2.24, 2.45) is 5.92 Å². The van der Waals surface area contributed by atoms with Gasteiger partial charge in [-0.3, -0.25) is 4.90 Å². The molecule has 2 aromatic rings. The third-order valence-electron chi connectivity index (χ3n) is 7.36. The first-order valence-corrected chi connectivity index (χ1v) is 11.9. The predicted molar refractivity (Wildman–Crippen MR) is 130 cm³/mol. The van der Waals surface area contributed by atoms with Gasteiger partial charge in [-0.05, 0) is 56.4 Å². The summed E-state index contributed by atoms with van der Waals surface area (Å²) in [4.78, 5) is 19.0. The number of halogens is 1. The monoisotopic (exact) mass is 454 g/mol. The van der Waals surface area contributed by atoms with Crippen molar-refractivity contribution in [2.45, 2.75) is 38.8 Å². The summed E-state index contributed by atoms with van der Waals surface area (Å²) in [6.07, 6.45) is 1.69. The fourth-order valence-corrected chi connectivity index (χ4v) is 5.14. The van der Waals surface area contributed by atoms with Crippen molar-refractivity contribution in [3.63, 3.8) is 0 Å². The number of hydrogen-bond donors (Lipinski definition) is 1. The molecule has 2 fully saturated rings. The Morgan fingerprint density at radius 1 is 1.03 bits per heavy atom. The molecule has 2 aliphatic heterocycles. The highest BCUT2D eigenvalue weighted by atomic mass is 19.1. The molecule has 0 bridgehead atoms. The number of benzene rings is 2. The van der Waals surface area contributed by atoms with E-state index in [0.717, 1.165) is 57.7 Å². The van der Waals surface area contributed by atoms with E-state index in [1.807, 2.05) is 35.2 Å². The normalized spacial score (nSPS) is 18.4. The Morgan fingerprint density at radius 2 is 1.70 bits per heavy atom. The van der Waals surface area contributed by atoms with E-state index in [9.17, 15) is 9.18 Å². The second kappa shape index (κ2) is 10.00. The lowest BCUT2D eigenvalue weighted by atomic mass is 9.78. The summed E-state index contributed by atoms with van der Waals surface area (Å²) in [5.41, 5.74) is 7.79. The highest BCUT2D eigenvalue weighted by molar-refractivity contribution is 5.67. The van der Waals surface area contributed by atoms with Crippen LogP contribution in [0.3, 0.4) is 0 Å². The van der Waals surface area contributed by atoms with Crippen LogP contribution in [0.25, 0.3) is 0 Å². The number of piperazine rings is 1. The second-order valence-electron chi connectivity index (χ2n) is 9.64. The van der Waals surface area contributed by atoms with Crippen LogP contribution in [0.15, 0.2) is 48.5 Å². The Kier molecular flexibility index (Phi) is 7.08. The number of likely N-dealkylation sites (tertiary alicyclic amines) is 1. The van der Waals surface area contributed by atoms with Crippen molar-refractivity contribution in [2.75, 3.05) is 49.9 Å². The van der Waals surface area contributed by atoms with E-state index >= 15 is 0 Å². The summed E-state index contributed by atoms with van der Waals surface area (Å²) in [7, 11) is 0. The summed E-state index contributed by atoms with van der Waals surface area (Å²) in [6.45, 7) is 9.71. The van der Waals surface area contributed by atoms with E-state index in [1.165, 1.54) is 6.07 Å². The number of piperidine rings is 1. The van der Waals surface area contributed by atoms with Crippen molar-refractivity contribution < 1.29 is 13.9 Å². The van der Waals surface area contributed by atoms with Crippen LogP contribution in [0.5, 0.6) is 0 Å². The van der Waals surface area contributed by atoms with Crippen LogP contribution >= 0.6 is 0 Å². The first-order valence-electron chi connectivity index (χ1n) is 11.9. The molecular formula is C26H35FN4O2. The predicted octanol–water partition coefficient (Wildman–Crippen LogP) is 4.36. The van der Waals surface area contributed by atoms with Crippen LogP contribution in [-0.4, -0.2) is 60.7 Å². The summed E-state index contributed by atoms with van der Waals surface area (Å²) in [5.74, 6) is 0.240. The van der Waals surface area contributed by atoms with Gasteiger partial charge in [-0.15, -0.1) is 0 Å². The van der Waals surface area contributed by atoms with Gasteiger partial charge in [-0.1, -0.05) is 30.3 Å². The number of amides is 1. The maximum atomic E-state index is 14.3. The van der Waals surface area contributed by atoms with Crippen molar-refractivity contribution in [3.8, 4) is 0 Å². The fourth-order valence-electron chi connectivity index (χ4n) is 5.14. The first-order chi connectivity index (χ1) is 15.8. The molecule has 0 saturated carbocycles. The van der Waals surface area contributed by atoms with Gasteiger partial charge >= 0.3 is 6.09 Å². The highest BCUT2D eigenvalue weighted by Gasteiger charge is 2.39. The molecule has 7 heteroatoms. The number of nitrogen functional groups attached to an aromatic ring is 1. The number of hydrogen-bond acceptors (Lipinski definition) is 5. The first kappa shape index (κ1) is 23.4. The van der Waals surface area contributed by atoms with Gasteiger partial charge in [0.05, 0.1) is 5.69 Å². The van der Waals surface area contributed by atoms with Gasteiger partial charge < -0.3 is 20.3 Å². The molecule has 0 unspecified atom stereocenters. The Labute approximate surface area is 196 Å². The third kappa shape index (κ3) is 5.41. The summed E-state index contributed by atoms with van der Waals surface area (Å²) >= 11 is 0. The van der Waals surface area contributed by atoms with E-state index in [2.05, 4.69) is 23.6 Å². The van der Waals surface area contributed by atoms with Crippen LogP contribution in [0.2, 0.25) is 0 Å². The highest BCUT2D eigenvalue weighted by Crippen LogP contribution is 2.34. The maximum Gasteiger partial charge on any atom is 0.410 e. The molecule has 0 aliphatic carbocycles. The molecule has 2 aromatic carbocycles. The zero-order chi connectivity index (χ0) is 23.4. The average molecular weight is 455 g/mol. The molecular weight excluding hydrogens is 419 g/mol. The van der Waals surface area contributed by atoms with E-state index in [0.29, 0.717) is 23.9 Å². The zero-order valence-electron chi connectivity index (χ0n) is 19.7. The molecule has 1 amide bonds. The lowest BCUT2D eigenvalue weighted by Crippen LogP contribution is -2.59. The van der Waals surface area contributed by atoms with E-state index < -0.39 is 0 Å². The summed E-state index contributed by atoms with van der Waals surface area (Å²) < 4.78 is 19.8. The quantitative estimate of drug-likeness (QED) is 0.681. The Balaban J connectivity index is 1.26. The fraction of sp³-hybridized carbons (Fsp3) is 0.500. The number of nitrogens with two attached hydrogens (primary N) is 1. The van der Waals surface area contributed by atoms with Crippen LogP contribution in [0.4, 0.5) is 20.6 Å². The Hall–Kier alpha value is -2.80. The molecule has 2 heterocycles. The molecule has 4 rings (SSSR count). The van der Waals surface area contributed by atoms with Gasteiger partial charge in [0.25, 0.3) is 0 Å². The number of carbonyl (C=O) groups is 1. The molecule has 33 heavy (non-hydrogen) atoms. The van der Waals surface area contributed by atoms with Gasteiger partial charge in [0, 0.05) is 50.5 Å². The number of nitrogens with zero attached hydrogens (tertiary/aromatic N) is 3. The molecule has 0 aromatic heterocycles. The largest absolute Gasteiger partial charge is 0.445 e. The molecule has 0 radical (unpaired) electrons. The van der Waals surface area contributed by atoms with Crippen LogP contribution in [0, 0.1) is 11.7 Å². The Morgan fingerprint density at radius 3 is 2.33 bits per heavy atom. The maximum absolute atomic E-state index is 14.3. The topological polar surface area (TPSA) is 62.0 Å². The molecule has 2 aliphatic rings. The molecule has 0 atom stereocenters. The van der Waals surface area contributed by atoms with Crippen LogP contribution in [0.1, 0.15) is 32.3 Å². The number of rotatable bonds is 5. The van der Waals surface area contributed by atoms with Gasteiger partial charge in [-0.2, -0.15) is 0 Å². The van der Waals surface area contributed by atoms with Crippen molar-refractivity contribution in [1.29, 1.82) is 0 Å². The average Bonchev–Trinajstić information content (AvgIpc) is 2.83. The number of carbonyl (C=O) groups excluding carboxylic acids is 1. The van der Waals surface area contributed by atoms with Gasteiger partial charge in [0.1, 0.15) is 12.4 Å². The number of ether oxygens (including phenoxy) is 1. The molecule has 2 saturated heterocycles. The lowest BCUT2D eigenvalue weighted by Gasteiger charge is -2.50. The molecule has 178 valence electrons. The van der Waals surface area contributed by atoms with Crippen molar-refractivity contribution in [3.05, 3.63) is 59.9 Å². The third-order valence-corrected chi connectivity index (χ3v) is 7.36.